The molecule has 0 aromatic heterocycles. The summed E-state index contributed by atoms with van der Waals surface area (Å²) in [5.74, 6) is -1.20. The fraction of sp³-hybridized carbons (Fsp3) is 0.263. The molecule has 0 aliphatic carbocycles. The topological polar surface area (TPSA) is 119 Å². The van der Waals surface area contributed by atoms with E-state index < -0.39 is 22.8 Å². The van der Waals surface area contributed by atoms with E-state index in [0.29, 0.717) is 36.3 Å². The number of carboxylic acids is 1. The van der Waals surface area contributed by atoms with Gasteiger partial charge in [0.2, 0.25) is 0 Å². The van der Waals surface area contributed by atoms with Crippen LogP contribution >= 0.6 is 0 Å². The van der Waals surface area contributed by atoms with E-state index in [2.05, 4.69) is 5.32 Å². The van der Waals surface area contributed by atoms with Crippen molar-refractivity contribution in [1.82, 2.24) is 5.32 Å². The van der Waals surface area contributed by atoms with Gasteiger partial charge in [0.15, 0.2) is 6.04 Å². The van der Waals surface area contributed by atoms with Gasteiger partial charge in [-0.15, -0.1) is 0 Å². The molecule has 2 aromatic rings. The maximum atomic E-state index is 12.5. The molecule has 0 radical (unpaired) electrons. The van der Waals surface area contributed by atoms with Crippen LogP contribution in [0, 0.1) is 10.1 Å². The largest absolute Gasteiger partial charge is 0.493 e. The predicted octanol–water partition coefficient (Wildman–Crippen LogP) is 2.65. The molecule has 2 N–H and O–H groups in total. The normalized spacial score (nSPS) is 13.4. The van der Waals surface area contributed by atoms with Gasteiger partial charge < -0.3 is 15.2 Å². The minimum absolute atomic E-state index is 0.0367. The minimum Gasteiger partial charge on any atom is -0.493 e. The van der Waals surface area contributed by atoms with Gasteiger partial charge in [-0.05, 0) is 35.7 Å². The fourth-order valence-electron chi connectivity index (χ4n) is 3.06. The molecule has 0 saturated carbocycles. The highest BCUT2D eigenvalue weighted by Gasteiger charge is 2.26. The van der Waals surface area contributed by atoms with Crippen molar-refractivity contribution in [3.8, 4) is 5.75 Å². The Morgan fingerprint density at radius 3 is 2.74 bits per heavy atom. The smallest absolute Gasteiger partial charge is 0.330 e. The Morgan fingerprint density at radius 1 is 1.30 bits per heavy atom. The fourth-order valence-corrected chi connectivity index (χ4v) is 3.06. The highest BCUT2D eigenvalue weighted by Crippen LogP contribution is 2.28. The molecule has 8 nitrogen and oxygen atoms in total. The van der Waals surface area contributed by atoms with E-state index in [9.17, 15) is 24.8 Å². The summed E-state index contributed by atoms with van der Waals surface area (Å²) in [5, 5.41) is 23.2. The number of carbonyl (C=O) groups excluding carboxylic acids is 1. The van der Waals surface area contributed by atoms with Gasteiger partial charge in [0, 0.05) is 23.6 Å². The minimum atomic E-state index is -1.27. The third kappa shape index (κ3) is 3.74. The van der Waals surface area contributed by atoms with Crippen LogP contribution in [0.2, 0.25) is 0 Å². The maximum absolute atomic E-state index is 12.5. The van der Waals surface area contributed by atoms with Crippen molar-refractivity contribution in [2.45, 2.75) is 25.8 Å². The van der Waals surface area contributed by atoms with Crippen molar-refractivity contribution in [2.24, 2.45) is 0 Å². The highest BCUT2D eigenvalue weighted by atomic mass is 16.6. The molecule has 1 unspecified atom stereocenters. The molecule has 0 saturated heterocycles. The predicted molar refractivity (Wildman–Crippen MR) is 96.0 cm³/mol. The molecule has 1 aliphatic rings. The molecule has 0 bridgehead atoms. The summed E-state index contributed by atoms with van der Waals surface area (Å²) in [6.45, 7) is 2.32. The number of aliphatic carboxylic acids is 1. The summed E-state index contributed by atoms with van der Waals surface area (Å²) in [6, 6.07) is 7.83. The number of aryl methyl sites for hydroxylation is 1. The van der Waals surface area contributed by atoms with Crippen molar-refractivity contribution in [1.29, 1.82) is 0 Å². The Labute approximate surface area is 154 Å². The lowest BCUT2D eigenvalue weighted by atomic mass is 10.0. The lowest BCUT2D eigenvalue weighted by molar-refractivity contribution is -0.385. The molecule has 8 heteroatoms. The highest BCUT2D eigenvalue weighted by molar-refractivity contribution is 5.97. The van der Waals surface area contributed by atoms with E-state index in [1.54, 1.807) is 25.1 Å². The third-order valence-electron chi connectivity index (χ3n) is 4.49. The average molecular weight is 370 g/mol. The second-order valence-corrected chi connectivity index (χ2v) is 6.16. The molecule has 0 spiro atoms. The van der Waals surface area contributed by atoms with E-state index in [0.717, 1.165) is 5.56 Å². The second-order valence-electron chi connectivity index (χ2n) is 6.16. The number of carbonyl (C=O) groups is 2. The van der Waals surface area contributed by atoms with Crippen molar-refractivity contribution in [3.05, 3.63) is 68.8 Å². The number of ether oxygens (including phenoxy) is 1. The number of carboxylic acid groups (broad SMARTS) is 1. The first-order chi connectivity index (χ1) is 12.9. The van der Waals surface area contributed by atoms with Crippen LogP contribution in [-0.4, -0.2) is 28.5 Å². The van der Waals surface area contributed by atoms with Crippen molar-refractivity contribution in [3.63, 3.8) is 0 Å². The summed E-state index contributed by atoms with van der Waals surface area (Å²) >= 11 is 0. The molecule has 0 fully saturated rings. The summed E-state index contributed by atoms with van der Waals surface area (Å²) in [4.78, 5) is 34.8. The molecule has 1 aliphatic heterocycles. The molecule has 1 heterocycles. The van der Waals surface area contributed by atoms with Crippen LogP contribution in [0.25, 0.3) is 0 Å². The number of nitrogens with zero attached hydrogens (tertiary/aromatic N) is 1. The quantitative estimate of drug-likeness (QED) is 0.596. The van der Waals surface area contributed by atoms with Gasteiger partial charge in [-0.1, -0.05) is 19.1 Å². The Bertz CT molecular complexity index is 924. The van der Waals surface area contributed by atoms with Gasteiger partial charge >= 0.3 is 5.97 Å². The lowest BCUT2D eigenvalue weighted by Gasteiger charge is -2.16. The number of hydrogen-bond acceptors (Lipinski definition) is 5. The van der Waals surface area contributed by atoms with Crippen LogP contribution in [-0.2, 0) is 17.6 Å². The molecule has 27 heavy (non-hydrogen) atoms. The number of benzene rings is 2. The Kier molecular flexibility index (Phi) is 5.07. The molecular weight excluding hydrogens is 352 g/mol. The molecule has 3 rings (SSSR count). The zero-order valence-corrected chi connectivity index (χ0v) is 14.6. The monoisotopic (exact) mass is 370 g/mol. The number of amides is 1. The third-order valence-corrected chi connectivity index (χ3v) is 4.49. The van der Waals surface area contributed by atoms with Gasteiger partial charge in [0.05, 0.1) is 11.5 Å². The Balaban J connectivity index is 1.87. The van der Waals surface area contributed by atoms with Crippen LogP contribution < -0.4 is 10.1 Å². The van der Waals surface area contributed by atoms with Gasteiger partial charge in [-0.2, -0.15) is 0 Å². The summed E-state index contributed by atoms with van der Waals surface area (Å²) < 4.78 is 5.40. The SMILES string of the molecule is CCc1ccc(C(=O)NC(C(=O)O)c2ccc3c(c2)CCO3)cc1[N+](=O)[O-]. The number of hydrogen-bond donors (Lipinski definition) is 2. The van der Waals surface area contributed by atoms with Gasteiger partial charge in [0.1, 0.15) is 5.75 Å². The summed E-state index contributed by atoms with van der Waals surface area (Å²) in [6.07, 6.45) is 1.13. The first kappa shape index (κ1) is 18.4. The number of nitro groups is 1. The van der Waals surface area contributed by atoms with Gasteiger partial charge in [0.25, 0.3) is 11.6 Å². The van der Waals surface area contributed by atoms with Crippen LogP contribution in [0.1, 0.15) is 40.0 Å². The molecule has 2 aromatic carbocycles. The number of nitrogens with one attached hydrogen (secondary N) is 1. The number of rotatable bonds is 6. The number of fused-ring (bicyclic) bond motifs is 1. The van der Waals surface area contributed by atoms with E-state index in [4.69, 9.17) is 4.74 Å². The summed E-state index contributed by atoms with van der Waals surface area (Å²) in [5.41, 5.74) is 1.68. The first-order valence-electron chi connectivity index (χ1n) is 8.47. The van der Waals surface area contributed by atoms with Gasteiger partial charge in [-0.25, -0.2) is 4.79 Å². The first-order valence-corrected chi connectivity index (χ1v) is 8.47. The summed E-state index contributed by atoms with van der Waals surface area (Å²) in [7, 11) is 0. The Hall–Kier alpha value is -3.42. The van der Waals surface area contributed by atoms with Crippen LogP contribution in [0.3, 0.4) is 0 Å². The van der Waals surface area contributed by atoms with Crippen LogP contribution in [0.15, 0.2) is 36.4 Å². The van der Waals surface area contributed by atoms with E-state index in [-0.39, 0.29) is 11.3 Å². The zero-order valence-electron chi connectivity index (χ0n) is 14.6. The van der Waals surface area contributed by atoms with Gasteiger partial charge in [-0.3, -0.25) is 14.9 Å². The Morgan fingerprint density at radius 2 is 2.07 bits per heavy atom. The lowest BCUT2D eigenvalue weighted by Crippen LogP contribution is -2.33. The molecular formula is C19H18N2O6. The van der Waals surface area contributed by atoms with Crippen molar-refractivity contribution < 1.29 is 24.4 Å². The van der Waals surface area contributed by atoms with E-state index in [1.807, 2.05) is 0 Å². The van der Waals surface area contributed by atoms with Crippen molar-refractivity contribution >= 4 is 17.6 Å². The standard InChI is InChI=1S/C19H18N2O6/c1-2-11-3-4-14(10-15(11)21(25)26)18(22)20-17(19(23)24)13-5-6-16-12(9-13)7-8-27-16/h3-6,9-10,17H,2,7-8H2,1H3,(H,20,22)(H,23,24). The van der Waals surface area contributed by atoms with Crippen LogP contribution in [0.4, 0.5) is 5.69 Å². The van der Waals surface area contributed by atoms with Crippen LogP contribution in [0.5, 0.6) is 5.75 Å². The molecule has 140 valence electrons. The number of nitro benzene ring substituents is 1. The van der Waals surface area contributed by atoms with E-state index >= 15 is 0 Å². The average Bonchev–Trinajstić information content (AvgIpc) is 3.12. The molecule has 1 amide bonds. The zero-order chi connectivity index (χ0) is 19.6. The molecule has 1 atom stereocenters. The second kappa shape index (κ2) is 7.45. The maximum Gasteiger partial charge on any atom is 0.330 e. The van der Waals surface area contributed by atoms with E-state index in [1.165, 1.54) is 18.2 Å². The van der Waals surface area contributed by atoms with Crippen molar-refractivity contribution in [2.75, 3.05) is 6.61 Å².